The molecule has 0 saturated carbocycles. The molecule has 0 saturated heterocycles. The van der Waals surface area contributed by atoms with Crippen molar-refractivity contribution in [1.82, 2.24) is 10.2 Å². The van der Waals surface area contributed by atoms with Crippen molar-refractivity contribution in [1.29, 1.82) is 0 Å². The lowest BCUT2D eigenvalue weighted by Crippen LogP contribution is -2.56. The quantitative estimate of drug-likeness (QED) is 0.523. The first-order chi connectivity index (χ1) is 16.8. The first kappa shape index (κ1) is 26.1. The zero-order valence-electron chi connectivity index (χ0n) is 20.9. The Balaban J connectivity index is 2.08. The van der Waals surface area contributed by atoms with E-state index in [1.165, 1.54) is 14.0 Å². The third-order valence-corrected chi connectivity index (χ3v) is 6.03. The summed E-state index contributed by atoms with van der Waals surface area (Å²) in [6.45, 7) is 5.50. The number of carbonyl (C=O) groups is 3. The van der Waals surface area contributed by atoms with Gasteiger partial charge in [0.2, 0.25) is 11.8 Å². The van der Waals surface area contributed by atoms with E-state index in [4.69, 9.17) is 14.2 Å². The van der Waals surface area contributed by atoms with Crippen LogP contribution in [0.1, 0.15) is 44.4 Å². The number of carbonyl (C=O) groups excluding carboxylic acids is 3. The van der Waals surface area contributed by atoms with Crippen LogP contribution in [-0.4, -0.2) is 55.6 Å². The Bertz CT molecular complexity index is 1040. The van der Waals surface area contributed by atoms with E-state index >= 15 is 0 Å². The number of ether oxygens (including phenoxy) is 3. The number of hydrogen-bond donors (Lipinski definition) is 1. The number of para-hydroxylation sites is 1. The smallest absolute Gasteiger partial charge is 0.328 e. The predicted molar refractivity (Wildman–Crippen MR) is 131 cm³/mol. The summed E-state index contributed by atoms with van der Waals surface area (Å²) in [4.78, 5) is 40.9. The molecule has 1 aliphatic heterocycles. The summed E-state index contributed by atoms with van der Waals surface area (Å²) in [5.74, 6) is -0.00461. The first-order valence-electron chi connectivity index (χ1n) is 11.8. The summed E-state index contributed by atoms with van der Waals surface area (Å²) in [5, 5.41) is 2.80. The van der Waals surface area contributed by atoms with Gasteiger partial charge in [-0.15, -0.1) is 0 Å². The average Bonchev–Trinajstić information content (AvgIpc) is 3.26. The van der Waals surface area contributed by atoms with E-state index in [2.05, 4.69) is 5.32 Å². The fraction of sp³-hybridized carbons (Fsp3) is 0.444. The van der Waals surface area contributed by atoms with Crippen molar-refractivity contribution in [3.8, 4) is 11.5 Å². The standard InChI is InChI=1S/C27H34N2O6/c1-17(2)14-22(27(32)34-5)29(23-16-35-25-20(23)12-9-13-24(25)33-4)26(31)21(28-18(3)30)15-19-10-7-6-8-11-19/h6-13,17,21-23H,14-16H2,1-5H3,(H,28,30)/t21?,22-,23+/m0/s1. The van der Waals surface area contributed by atoms with Crippen LogP contribution in [0.2, 0.25) is 0 Å². The van der Waals surface area contributed by atoms with Crippen molar-refractivity contribution >= 4 is 17.8 Å². The van der Waals surface area contributed by atoms with E-state index in [1.54, 1.807) is 18.1 Å². The van der Waals surface area contributed by atoms with Crippen LogP contribution in [0.5, 0.6) is 11.5 Å². The first-order valence-corrected chi connectivity index (χ1v) is 11.8. The second-order valence-electron chi connectivity index (χ2n) is 9.06. The molecule has 0 aliphatic carbocycles. The fourth-order valence-corrected chi connectivity index (χ4v) is 4.50. The van der Waals surface area contributed by atoms with Crippen molar-refractivity contribution in [2.45, 2.75) is 51.7 Å². The molecule has 1 N–H and O–H groups in total. The number of hydrogen-bond acceptors (Lipinski definition) is 6. The van der Waals surface area contributed by atoms with Crippen LogP contribution in [0.15, 0.2) is 48.5 Å². The van der Waals surface area contributed by atoms with Gasteiger partial charge in [0.25, 0.3) is 0 Å². The molecule has 0 spiro atoms. The molecular weight excluding hydrogens is 448 g/mol. The van der Waals surface area contributed by atoms with Gasteiger partial charge in [0, 0.05) is 18.9 Å². The lowest BCUT2D eigenvalue weighted by Gasteiger charge is -2.37. The van der Waals surface area contributed by atoms with Gasteiger partial charge in [-0.2, -0.15) is 0 Å². The highest BCUT2D eigenvalue weighted by Crippen LogP contribution is 2.43. The Morgan fingerprint density at radius 3 is 2.40 bits per heavy atom. The summed E-state index contributed by atoms with van der Waals surface area (Å²) in [7, 11) is 2.87. The minimum absolute atomic E-state index is 0.106. The van der Waals surface area contributed by atoms with Crippen molar-refractivity contribution in [3.63, 3.8) is 0 Å². The maximum atomic E-state index is 14.2. The van der Waals surface area contributed by atoms with Gasteiger partial charge in [0.05, 0.1) is 20.3 Å². The molecule has 188 valence electrons. The minimum Gasteiger partial charge on any atom is -0.493 e. The minimum atomic E-state index is -0.871. The zero-order chi connectivity index (χ0) is 25.5. The number of nitrogens with one attached hydrogen (secondary N) is 1. The second-order valence-corrected chi connectivity index (χ2v) is 9.06. The monoisotopic (exact) mass is 482 g/mol. The number of fused-ring (bicyclic) bond motifs is 1. The van der Waals surface area contributed by atoms with E-state index in [-0.39, 0.29) is 30.8 Å². The molecule has 1 heterocycles. The Morgan fingerprint density at radius 2 is 1.80 bits per heavy atom. The van der Waals surface area contributed by atoms with Gasteiger partial charge in [-0.3, -0.25) is 9.59 Å². The Kier molecular flexibility index (Phi) is 8.73. The van der Waals surface area contributed by atoms with Crippen molar-refractivity contribution in [3.05, 3.63) is 59.7 Å². The SMILES string of the molecule is COC(=O)[C@H](CC(C)C)N(C(=O)C(Cc1ccccc1)NC(C)=O)[C@@H]1COc2c(OC)cccc21. The van der Waals surface area contributed by atoms with E-state index in [1.807, 2.05) is 56.3 Å². The molecular formula is C27H34N2O6. The van der Waals surface area contributed by atoms with Gasteiger partial charge in [0.15, 0.2) is 11.5 Å². The van der Waals surface area contributed by atoms with Crippen LogP contribution in [0.3, 0.4) is 0 Å². The van der Waals surface area contributed by atoms with E-state index in [0.717, 1.165) is 11.1 Å². The summed E-state index contributed by atoms with van der Waals surface area (Å²) < 4.78 is 16.5. The third-order valence-electron chi connectivity index (χ3n) is 6.03. The summed E-state index contributed by atoms with van der Waals surface area (Å²) in [6.07, 6.45) is 0.677. The highest BCUT2D eigenvalue weighted by atomic mass is 16.5. The van der Waals surface area contributed by atoms with Crippen LogP contribution in [0.25, 0.3) is 0 Å². The molecule has 35 heavy (non-hydrogen) atoms. The Labute approximate surface area is 206 Å². The van der Waals surface area contributed by atoms with E-state index in [0.29, 0.717) is 17.9 Å². The van der Waals surface area contributed by atoms with Gasteiger partial charge in [-0.1, -0.05) is 56.3 Å². The van der Waals surface area contributed by atoms with Gasteiger partial charge in [-0.05, 0) is 24.0 Å². The topological polar surface area (TPSA) is 94.2 Å². The molecule has 8 heteroatoms. The average molecular weight is 483 g/mol. The molecule has 0 fully saturated rings. The van der Waals surface area contributed by atoms with Crippen LogP contribution >= 0.6 is 0 Å². The molecule has 0 bridgehead atoms. The molecule has 8 nitrogen and oxygen atoms in total. The molecule has 1 unspecified atom stereocenters. The van der Waals surface area contributed by atoms with Crippen LogP contribution in [0.4, 0.5) is 0 Å². The molecule has 3 atom stereocenters. The summed E-state index contributed by atoms with van der Waals surface area (Å²) >= 11 is 0. The van der Waals surface area contributed by atoms with Crippen molar-refractivity contribution < 1.29 is 28.6 Å². The lowest BCUT2D eigenvalue weighted by molar-refractivity contribution is -0.157. The maximum absolute atomic E-state index is 14.2. The van der Waals surface area contributed by atoms with Crippen molar-refractivity contribution in [2.75, 3.05) is 20.8 Å². The van der Waals surface area contributed by atoms with Crippen LogP contribution < -0.4 is 14.8 Å². The van der Waals surface area contributed by atoms with Gasteiger partial charge >= 0.3 is 5.97 Å². The van der Waals surface area contributed by atoms with Crippen molar-refractivity contribution in [2.24, 2.45) is 5.92 Å². The fourth-order valence-electron chi connectivity index (χ4n) is 4.50. The largest absolute Gasteiger partial charge is 0.493 e. The normalized spacial score (nSPS) is 16.0. The summed E-state index contributed by atoms with van der Waals surface area (Å²) in [6, 6.07) is 12.6. The molecule has 2 amide bonds. The molecule has 0 aromatic heterocycles. The number of rotatable bonds is 10. The van der Waals surface area contributed by atoms with Gasteiger partial charge in [0.1, 0.15) is 18.7 Å². The van der Waals surface area contributed by atoms with Gasteiger partial charge < -0.3 is 24.4 Å². The van der Waals surface area contributed by atoms with Crippen LogP contribution in [-0.2, 0) is 25.5 Å². The third kappa shape index (κ3) is 6.12. The van der Waals surface area contributed by atoms with E-state index < -0.39 is 24.1 Å². The number of methoxy groups -OCH3 is 2. The molecule has 1 aliphatic rings. The number of esters is 1. The lowest BCUT2D eigenvalue weighted by atomic mass is 9.95. The Morgan fingerprint density at radius 1 is 1.09 bits per heavy atom. The summed E-state index contributed by atoms with van der Waals surface area (Å²) in [5.41, 5.74) is 1.64. The van der Waals surface area contributed by atoms with Gasteiger partial charge in [-0.25, -0.2) is 4.79 Å². The highest BCUT2D eigenvalue weighted by Gasteiger charge is 2.43. The molecule has 3 rings (SSSR count). The number of amides is 2. The zero-order valence-corrected chi connectivity index (χ0v) is 20.9. The predicted octanol–water partition coefficient (Wildman–Crippen LogP) is 3.29. The van der Waals surface area contributed by atoms with Crippen LogP contribution in [0, 0.1) is 5.92 Å². The number of nitrogens with zero attached hydrogens (tertiary/aromatic N) is 1. The van der Waals surface area contributed by atoms with E-state index in [9.17, 15) is 14.4 Å². The Hall–Kier alpha value is -3.55. The number of benzene rings is 2. The molecule has 0 radical (unpaired) electrons. The maximum Gasteiger partial charge on any atom is 0.328 e. The molecule has 2 aromatic rings. The second kappa shape index (κ2) is 11.7. The highest BCUT2D eigenvalue weighted by molar-refractivity contribution is 5.91. The molecule has 2 aromatic carbocycles.